The number of aromatic amines is 1. The van der Waals surface area contributed by atoms with Crippen molar-refractivity contribution >= 4 is 17.0 Å². The highest BCUT2D eigenvalue weighted by molar-refractivity contribution is 5.77. The van der Waals surface area contributed by atoms with Crippen LogP contribution in [0.1, 0.15) is 11.9 Å². The zero-order valence-corrected chi connectivity index (χ0v) is 9.12. The molecule has 2 unspecified atom stereocenters. The van der Waals surface area contributed by atoms with E-state index in [0.717, 1.165) is 12.6 Å². The van der Waals surface area contributed by atoms with Crippen LogP contribution < -0.4 is 0 Å². The first kappa shape index (κ1) is 11.6. The molecule has 6 nitrogen and oxygen atoms in total. The number of para-hydroxylation sites is 2. The fourth-order valence-corrected chi connectivity index (χ4v) is 1.51. The standard InChI is InChI=1S/C11H12N2O4/c1-17-11(16)9(15)8(14)10-12-6-4-2-3-5-7(6)13-10/h2-5,8-9,14-15H,1H3,(H,12,13). The molecule has 1 aromatic heterocycles. The van der Waals surface area contributed by atoms with Gasteiger partial charge in [-0.3, -0.25) is 0 Å². The number of ether oxygens (including phenoxy) is 1. The SMILES string of the molecule is COC(=O)C(O)C(O)c1nc2ccccc2[nH]1. The molecule has 0 aliphatic rings. The highest BCUT2D eigenvalue weighted by Gasteiger charge is 2.28. The average Bonchev–Trinajstić information content (AvgIpc) is 2.79. The maximum Gasteiger partial charge on any atom is 0.337 e. The van der Waals surface area contributed by atoms with Gasteiger partial charge in [-0.2, -0.15) is 0 Å². The molecule has 0 fully saturated rings. The number of fused-ring (bicyclic) bond motifs is 1. The van der Waals surface area contributed by atoms with Crippen molar-refractivity contribution in [2.45, 2.75) is 12.2 Å². The first-order chi connectivity index (χ1) is 8.13. The Morgan fingerprint density at radius 3 is 2.76 bits per heavy atom. The first-order valence-corrected chi connectivity index (χ1v) is 5.02. The Hall–Kier alpha value is -1.92. The molecular weight excluding hydrogens is 224 g/mol. The lowest BCUT2D eigenvalue weighted by atomic mass is 10.2. The maximum absolute atomic E-state index is 11.1. The first-order valence-electron chi connectivity index (χ1n) is 5.02. The number of nitrogens with zero attached hydrogens (tertiary/aromatic N) is 1. The van der Waals surface area contributed by atoms with Crippen LogP contribution >= 0.6 is 0 Å². The average molecular weight is 236 g/mol. The van der Waals surface area contributed by atoms with Gasteiger partial charge in [0.15, 0.2) is 6.10 Å². The van der Waals surface area contributed by atoms with Gasteiger partial charge in [0.1, 0.15) is 11.9 Å². The van der Waals surface area contributed by atoms with Crippen molar-refractivity contribution in [1.29, 1.82) is 0 Å². The molecule has 0 amide bonds. The molecule has 1 aromatic carbocycles. The highest BCUT2D eigenvalue weighted by atomic mass is 16.5. The predicted octanol–water partition coefficient (Wildman–Crippen LogP) is 0.130. The third kappa shape index (κ3) is 2.13. The Bertz CT molecular complexity index is 504. The molecule has 0 aliphatic carbocycles. The quantitative estimate of drug-likeness (QED) is 0.658. The minimum absolute atomic E-state index is 0.129. The summed E-state index contributed by atoms with van der Waals surface area (Å²) in [5.41, 5.74) is 1.37. The van der Waals surface area contributed by atoms with Gasteiger partial charge >= 0.3 is 5.97 Å². The van der Waals surface area contributed by atoms with Crippen molar-refractivity contribution in [3.63, 3.8) is 0 Å². The molecule has 90 valence electrons. The maximum atomic E-state index is 11.1. The largest absolute Gasteiger partial charge is 0.467 e. The molecule has 0 spiro atoms. The summed E-state index contributed by atoms with van der Waals surface area (Å²) >= 11 is 0. The number of carbonyl (C=O) groups excluding carboxylic acids is 1. The predicted molar refractivity (Wildman–Crippen MR) is 59.1 cm³/mol. The molecule has 3 N–H and O–H groups in total. The topological polar surface area (TPSA) is 95.4 Å². The second kappa shape index (κ2) is 4.52. The minimum Gasteiger partial charge on any atom is -0.467 e. The molecule has 6 heteroatoms. The van der Waals surface area contributed by atoms with E-state index in [1.54, 1.807) is 18.2 Å². The zero-order chi connectivity index (χ0) is 12.4. The summed E-state index contributed by atoms with van der Waals surface area (Å²) in [7, 11) is 1.14. The van der Waals surface area contributed by atoms with Gasteiger partial charge in [-0.05, 0) is 12.1 Å². The number of carbonyl (C=O) groups is 1. The number of aliphatic hydroxyl groups is 2. The molecule has 0 saturated heterocycles. The summed E-state index contributed by atoms with van der Waals surface area (Å²) < 4.78 is 4.34. The van der Waals surface area contributed by atoms with Gasteiger partial charge in [-0.15, -0.1) is 0 Å². The fraction of sp³-hybridized carbons (Fsp3) is 0.273. The van der Waals surface area contributed by atoms with Crippen LogP contribution in [0.4, 0.5) is 0 Å². The monoisotopic (exact) mass is 236 g/mol. The Labute approximate surface area is 96.9 Å². The summed E-state index contributed by atoms with van der Waals surface area (Å²) in [4.78, 5) is 18.0. The molecule has 0 bridgehead atoms. The fourth-order valence-electron chi connectivity index (χ4n) is 1.51. The van der Waals surface area contributed by atoms with Gasteiger partial charge in [-0.1, -0.05) is 12.1 Å². The van der Waals surface area contributed by atoms with E-state index in [0.29, 0.717) is 5.52 Å². The number of hydrogen-bond acceptors (Lipinski definition) is 5. The summed E-state index contributed by atoms with van der Waals surface area (Å²) in [6.45, 7) is 0. The third-order valence-corrected chi connectivity index (χ3v) is 2.43. The Morgan fingerprint density at radius 1 is 1.41 bits per heavy atom. The summed E-state index contributed by atoms with van der Waals surface area (Å²) in [5, 5.41) is 19.2. The molecule has 1 heterocycles. The van der Waals surface area contributed by atoms with E-state index < -0.39 is 18.2 Å². The van der Waals surface area contributed by atoms with Crippen LogP contribution in [0.2, 0.25) is 0 Å². The highest BCUT2D eigenvalue weighted by Crippen LogP contribution is 2.18. The normalized spacial score (nSPS) is 14.5. The molecule has 2 atom stereocenters. The number of imidazole rings is 1. The number of nitrogens with one attached hydrogen (secondary N) is 1. The van der Waals surface area contributed by atoms with Crippen molar-refractivity contribution < 1.29 is 19.7 Å². The zero-order valence-electron chi connectivity index (χ0n) is 9.12. The smallest absolute Gasteiger partial charge is 0.337 e. The summed E-state index contributed by atoms with van der Waals surface area (Å²) in [6.07, 6.45) is -3.09. The van der Waals surface area contributed by atoms with Crippen LogP contribution in [0.15, 0.2) is 24.3 Å². The molecule has 0 saturated carbocycles. The van der Waals surface area contributed by atoms with Crippen molar-refractivity contribution in [1.82, 2.24) is 9.97 Å². The lowest BCUT2D eigenvalue weighted by Crippen LogP contribution is -2.29. The lowest BCUT2D eigenvalue weighted by molar-refractivity contribution is -0.157. The van der Waals surface area contributed by atoms with Crippen molar-refractivity contribution in [2.24, 2.45) is 0 Å². The van der Waals surface area contributed by atoms with E-state index in [9.17, 15) is 15.0 Å². The van der Waals surface area contributed by atoms with Gasteiger partial charge in [0, 0.05) is 0 Å². The van der Waals surface area contributed by atoms with Crippen LogP contribution in [0.25, 0.3) is 11.0 Å². The Kier molecular flexibility index (Phi) is 3.08. The molecule has 0 aliphatic heterocycles. The van der Waals surface area contributed by atoms with E-state index in [1.165, 1.54) is 0 Å². The second-order valence-electron chi connectivity index (χ2n) is 3.55. The molecule has 2 rings (SSSR count). The van der Waals surface area contributed by atoms with Crippen molar-refractivity contribution in [3.8, 4) is 0 Å². The number of aliphatic hydroxyl groups excluding tert-OH is 2. The number of H-pyrrole nitrogens is 1. The second-order valence-corrected chi connectivity index (χ2v) is 3.55. The van der Waals surface area contributed by atoms with E-state index >= 15 is 0 Å². The van der Waals surface area contributed by atoms with Gasteiger partial charge < -0.3 is 19.9 Å². The number of benzene rings is 1. The van der Waals surface area contributed by atoms with Crippen LogP contribution in [-0.2, 0) is 9.53 Å². The van der Waals surface area contributed by atoms with E-state index in [2.05, 4.69) is 14.7 Å². The van der Waals surface area contributed by atoms with E-state index in [1.807, 2.05) is 6.07 Å². The number of rotatable bonds is 3. The number of hydrogen-bond donors (Lipinski definition) is 3. The number of aromatic nitrogens is 2. The van der Waals surface area contributed by atoms with Gasteiger partial charge in [0.2, 0.25) is 0 Å². The third-order valence-electron chi connectivity index (χ3n) is 2.43. The molecule has 0 radical (unpaired) electrons. The summed E-state index contributed by atoms with van der Waals surface area (Å²) in [5.74, 6) is -0.776. The molecule has 17 heavy (non-hydrogen) atoms. The van der Waals surface area contributed by atoms with E-state index in [4.69, 9.17) is 0 Å². The van der Waals surface area contributed by atoms with Crippen molar-refractivity contribution in [2.75, 3.05) is 7.11 Å². The van der Waals surface area contributed by atoms with Gasteiger partial charge in [0.05, 0.1) is 18.1 Å². The summed E-state index contributed by atoms with van der Waals surface area (Å²) in [6, 6.07) is 7.15. The van der Waals surface area contributed by atoms with Crippen LogP contribution in [0.5, 0.6) is 0 Å². The van der Waals surface area contributed by atoms with Crippen LogP contribution in [-0.4, -0.2) is 39.4 Å². The number of methoxy groups -OCH3 is 1. The van der Waals surface area contributed by atoms with E-state index in [-0.39, 0.29) is 5.82 Å². The van der Waals surface area contributed by atoms with Gasteiger partial charge in [-0.25, -0.2) is 9.78 Å². The van der Waals surface area contributed by atoms with Crippen LogP contribution in [0.3, 0.4) is 0 Å². The molecule has 2 aromatic rings. The van der Waals surface area contributed by atoms with Gasteiger partial charge in [0.25, 0.3) is 0 Å². The number of esters is 1. The van der Waals surface area contributed by atoms with Crippen molar-refractivity contribution in [3.05, 3.63) is 30.1 Å². The lowest BCUT2D eigenvalue weighted by Gasteiger charge is -2.12. The Balaban J connectivity index is 2.30. The Morgan fingerprint density at radius 2 is 2.12 bits per heavy atom. The van der Waals surface area contributed by atoms with Crippen LogP contribution in [0, 0.1) is 0 Å². The molecular formula is C11H12N2O4. The minimum atomic E-state index is -1.65.